The number of hydrogen-bond acceptors (Lipinski definition) is 4. The number of nitrogens with zero attached hydrogens (tertiary/aromatic N) is 3. The fraction of sp³-hybridized carbons (Fsp3) is 0.429. The topological polar surface area (TPSA) is 56.1 Å². The normalized spacial score (nSPS) is 19.4. The molecule has 0 aliphatic carbocycles. The number of rotatable bonds is 8. The van der Waals surface area contributed by atoms with Gasteiger partial charge in [0.25, 0.3) is 5.91 Å². The summed E-state index contributed by atoms with van der Waals surface area (Å²) >= 11 is 0. The zero-order valence-corrected chi connectivity index (χ0v) is 20.1. The molecule has 2 heterocycles. The number of amides is 1. The number of aliphatic hydroxyl groups is 1. The summed E-state index contributed by atoms with van der Waals surface area (Å²) in [4.78, 5) is 22.0. The van der Waals surface area contributed by atoms with Crippen LogP contribution in [0.5, 0.6) is 0 Å². The Morgan fingerprint density at radius 2 is 1.97 bits per heavy atom. The van der Waals surface area contributed by atoms with Crippen molar-refractivity contribution in [3.63, 3.8) is 0 Å². The molecule has 2 aliphatic rings. The SMILES string of the molecule is CCCCC1=NC(O)=C(C(=O)N2CCC(c3cccc(F)c3)C2)CN1C(CC)c1ccccc1. The van der Waals surface area contributed by atoms with Gasteiger partial charge in [-0.1, -0.05) is 62.7 Å². The minimum atomic E-state index is -0.258. The molecule has 0 bridgehead atoms. The molecule has 1 saturated heterocycles. The number of carbonyl (C=O) groups is 1. The molecule has 1 fully saturated rings. The monoisotopic (exact) mass is 463 g/mol. The summed E-state index contributed by atoms with van der Waals surface area (Å²) in [5, 5.41) is 10.8. The van der Waals surface area contributed by atoms with Crippen LogP contribution in [0.15, 0.2) is 71.0 Å². The average molecular weight is 464 g/mol. The van der Waals surface area contributed by atoms with Gasteiger partial charge in [0.1, 0.15) is 11.7 Å². The Morgan fingerprint density at radius 3 is 2.68 bits per heavy atom. The summed E-state index contributed by atoms with van der Waals surface area (Å²) < 4.78 is 13.7. The van der Waals surface area contributed by atoms with Gasteiger partial charge in [0.05, 0.1) is 18.2 Å². The van der Waals surface area contributed by atoms with Crippen LogP contribution >= 0.6 is 0 Å². The number of hydrogen-bond donors (Lipinski definition) is 1. The average Bonchev–Trinajstić information content (AvgIpc) is 3.35. The lowest BCUT2D eigenvalue weighted by atomic mass is 9.98. The van der Waals surface area contributed by atoms with E-state index in [4.69, 9.17) is 0 Å². The summed E-state index contributed by atoms with van der Waals surface area (Å²) in [5.41, 5.74) is 2.43. The molecule has 1 amide bonds. The molecular formula is C28H34FN3O2. The van der Waals surface area contributed by atoms with Gasteiger partial charge in [-0.05, 0) is 42.5 Å². The third-order valence-electron chi connectivity index (χ3n) is 6.92. The summed E-state index contributed by atoms with van der Waals surface area (Å²) in [6.45, 7) is 5.70. The second kappa shape index (κ2) is 10.9. The van der Waals surface area contributed by atoms with Gasteiger partial charge in [-0.3, -0.25) is 4.79 Å². The predicted molar refractivity (Wildman–Crippen MR) is 133 cm³/mol. The fourth-order valence-electron chi connectivity index (χ4n) is 5.05. The second-order valence-electron chi connectivity index (χ2n) is 9.19. The van der Waals surface area contributed by atoms with E-state index in [9.17, 15) is 14.3 Å². The van der Waals surface area contributed by atoms with Crippen molar-refractivity contribution in [1.29, 1.82) is 0 Å². The third-order valence-corrected chi connectivity index (χ3v) is 6.92. The lowest BCUT2D eigenvalue weighted by Gasteiger charge is -2.37. The van der Waals surface area contributed by atoms with Crippen LogP contribution in [0, 0.1) is 5.82 Å². The first-order valence-electron chi connectivity index (χ1n) is 12.4. The maximum Gasteiger partial charge on any atom is 0.257 e. The number of aliphatic hydroxyl groups excluding tert-OH is 1. The standard InChI is InChI=1S/C28H34FN3O2/c1-3-5-14-26-30-27(33)24(19-32(26)25(4-2)20-10-7-6-8-11-20)28(34)31-16-15-22(18-31)21-12-9-13-23(29)17-21/h6-13,17,22,25,33H,3-5,14-16,18-19H2,1-2H3. The van der Waals surface area contributed by atoms with Gasteiger partial charge in [-0.25, -0.2) is 9.38 Å². The maximum absolute atomic E-state index is 13.7. The third kappa shape index (κ3) is 5.16. The predicted octanol–water partition coefficient (Wildman–Crippen LogP) is 5.97. The highest BCUT2D eigenvalue weighted by Gasteiger charge is 2.35. The molecule has 2 aromatic carbocycles. The van der Waals surface area contributed by atoms with Gasteiger partial charge in [-0.2, -0.15) is 0 Å². The van der Waals surface area contributed by atoms with Crippen molar-refractivity contribution in [3.8, 4) is 0 Å². The molecule has 2 aliphatic heterocycles. The van der Waals surface area contributed by atoms with Crippen molar-refractivity contribution in [2.45, 2.75) is 57.9 Å². The second-order valence-corrected chi connectivity index (χ2v) is 9.19. The molecule has 5 nitrogen and oxygen atoms in total. The van der Waals surface area contributed by atoms with E-state index in [-0.39, 0.29) is 29.6 Å². The van der Waals surface area contributed by atoms with Gasteiger partial charge in [0.15, 0.2) is 0 Å². The number of aliphatic imine (C=N–C) groups is 1. The van der Waals surface area contributed by atoms with Crippen LogP contribution < -0.4 is 0 Å². The van der Waals surface area contributed by atoms with Crippen molar-refractivity contribution in [1.82, 2.24) is 9.80 Å². The number of unbranched alkanes of at least 4 members (excludes halogenated alkanes) is 1. The van der Waals surface area contributed by atoms with Crippen molar-refractivity contribution in [3.05, 3.63) is 83.0 Å². The van der Waals surface area contributed by atoms with Crippen LogP contribution in [0.2, 0.25) is 0 Å². The first-order valence-corrected chi connectivity index (χ1v) is 12.4. The van der Waals surface area contributed by atoms with Crippen LogP contribution in [0.1, 0.15) is 69.0 Å². The highest BCUT2D eigenvalue weighted by atomic mass is 19.1. The van der Waals surface area contributed by atoms with E-state index in [1.54, 1.807) is 17.0 Å². The Balaban J connectivity index is 1.57. The Morgan fingerprint density at radius 1 is 1.18 bits per heavy atom. The summed E-state index contributed by atoms with van der Waals surface area (Å²) in [6.07, 6.45) is 4.40. The molecule has 0 aromatic heterocycles. The molecule has 0 radical (unpaired) electrons. The van der Waals surface area contributed by atoms with E-state index in [1.165, 1.54) is 11.6 Å². The van der Waals surface area contributed by atoms with Crippen LogP contribution in [-0.2, 0) is 4.79 Å². The number of benzene rings is 2. The van der Waals surface area contributed by atoms with E-state index < -0.39 is 0 Å². The van der Waals surface area contributed by atoms with Gasteiger partial charge in [0.2, 0.25) is 5.88 Å². The fourth-order valence-corrected chi connectivity index (χ4v) is 5.05. The van der Waals surface area contributed by atoms with Gasteiger partial charge >= 0.3 is 0 Å². The molecule has 0 spiro atoms. The Kier molecular flexibility index (Phi) is 7.66. The number of halogens is 1. The summed E-state index contributed by atoms with van der Waals surface area (Å²) in [7, 11) is 0. The van der Waals surface area contributed by atoms with Gasteiger partial charge in [-0.15, -0.1) is 0 Å². The summed E-state index contributed by atoms with van der Waals surface area (Å²) in [6, 6.07) is 17.0. The zero-order chi connectivity index (χ0) is 24.1. The van der Waals surface area contributed by atoms with E-state index in [0.29, 0.717) is 25.2 Å². The molecule has 1 N–H and O–H groups in total. The van der Waals surface area contributed by atoms with E-state index >= 15 is 0 Å². The Bertz CT molecular complexity index is 1070. The van der Waals surface area contributed by atoms with E-state index in [0.717, 1.165) is 43.5 Å². The molecule has 2 atom stereocenters. The van der Waals surface area contributed by atoms with E-state index in [1.807, 2.05) is 24.3 Å². The Hall–Kier alpha value is -3.15. The smallest absolute Gasteiger partial charge is 0.257 e. The van der Waals surface area contributed by atoms with Crippen LogP contribution in [-0.4, -0.2) is 46.3 Å². The first-order chi connectivity index (χ1) is 16.5. The van der Waals surface area contributed by atoms with Crippen LogP contribution in [0.4, 0.5) is 4.39 Å². The zero-order valence-electron chi connectivity index (χ0n) is 20.1. The highest BCUT2D eigenvalue weighted by molar-refractivity contribution is 5.97. The lowest BCUT2D eigenvalue weighted by molar-refractivity contribution is -0.126. The maximum atomic E-state index is 13.7. The lowest BCUT2D eigenvalue weighted by Crippen LogP contribution is -2.43. The Labute approximate surface area is 201 Å². The first kappa shape index (κ1) is 24.0. The number of amidine groups is 1. The van der Waals surface area contributed by atoms with Gasteiger partial charge < -0.3 is 14.9 Å². The molecule has 0 saturated carbocycles. The van der Waals surface area contributed by atoms with Crippen molar-refractivity contribution < 1.29 is 14.3 Å². The van der Waals surface area contributed by atoms with E-state index in [2.05, 4.69) is 35.9 Å². The number of likely N-dealkylation sites (tertiary alicyclic amines) is 1. The molecule has 6 heteroatoms. The number of carbonyl (C=O) groups excluding carboxylic acids is 1. The quantitative estimate of drug-likeness (QED) is 0.525. The molecular weight excluding hydrogens is 429 g/mol. The van der Waals surface area contributed by atoms with Crippen molar-refractivity contribution in [2.24, 2.45) is 4.99 Å². The highest BCUT2D eigenvalue weighted by Crippen LogP contribution is 2.33. The molecule has 180 valence electrons. The van der Waals surface area contributed by atoms with Crippen LogP contribution in [0.3, 0.4) is 0 Å². The molecule has 2 aromatic rings. The van der Waals surface area contributed by atoms with Gasteiger partial charge in [0, 0.05) is 25.4 Å². The van der Waals surface area contributed by atoms with Crippen molar-refractivity contribution in [2.75, 3.05) is 19.6 Å². The molecule has 2 unspecified atom stereocenters. The summed E-state index contributed by atoms with van der Waals surface area (Å²) in [5.74, 6) is 0.335. The largest absolute Gasteiger partial charge is 0.493 e. The minimum Gasteiger partial charge on any atom is -0.493 e. The van der Waals surface area contributed by atoms with Crippen molar-refractivity contribution >= 4 is 11.7 Å². The minimum absolute atomic E-state index is 0.0753. The molecule has 34 heavy (non-hydrogen) atoms. The van der Waals surface area contributed by atoms with Crippen LogP contribution in [0.25, 0.3) is 0 Å². The molecule has 4 rings (SSSR count).